The van der Waals surface area contributed by atoms with Gasteiger partial charge in [-0.3, -0.25) is 9.59 Å². The molecule has 0 aliphatic carbocycles. The summed E-state index contributed by atoms with van der Waals surface area (Å²) in [4.78, 5) is 24.0. The first-order valence-electron chi connectivity index (χ1n) is 8.53. The number of amides is 2. The number of nitrogens with one attached hydrogen (secondary N) is 2. The Bertz CT molecular complexity index is 740. The van der Waals surface area contributed by atoms with E-state index in [-0.39, 0.29) is 11.8 Å². The molecule has 0 saturated carbocycles. The van der Waals surface area contributed by atoms with E-state index in [4.69, 9.17) is 4.74 Å². The second-order valence-corrected chi connectivity index (χ2v) is 5.86. The van der Waals surface area contributed by atoms with Crippen LogP contribution in [0.1, 0.15) is 18.1 Å². The van der Waals surface area contributed by atoms with Crippen LogP contribution >= 0.6 is 0 Å². The van der Waals surface area contributed by atoms with Gasteiger partial charge in [-0.25, -0.2) is 0 Å². The number of ether oxygens (including phenoxy) is 1. The van der Waals surface area contributed by atoms with Gasteiger partial charge in [-0.2, -0.15) is 0 Å². The van der Waals surface area contributed by atoms with E-state index in [0.29, 0.717) is 6.54 Å². The van der Waals surface area contributed by atoms with Crippen LogP contribution in [0.15, 0.2) is 60.7 Å². The van der Waals surface area contributed by atoms with E-state index in [9.17, 15) is 9.59 Å². The van der Waals surface area contributed by atoms with Crippen molar-refractivity contribution in [2.24, 2.45) is 0 Å². The highest BCUT2D eigenvalue weighted by atomic mass is 16.5. The lowest BCUT2D eigenvalue weighted by Crippen LogP contribution is -2.44. The van der Waals surface area contributed by atoms with Crippen molar-refractivity contribution >= 4 is 17.9 Å². The lowest BCUT2D eigenvalue weighted by Gasteiger charge is -2.13. The van der Waals surface area contributed by atoms with Crippen LogP contribution < -0.4 is 15.4 Å². The third-order valence-corrected chi connectivity index (χ3v) is 3.85. The molecule has 0 aromatic heterocycles. The Morgan fingerprint density at radius 1 is 1.08 bits per heavy atom. The van der Waals surface area contributed by atoms with Crippen LogP contribution in [-0.4, -0.2) is 31.5 Å². The predicted octanol–water partition coefficient (Wildman–Crippen LogP) is 2.57. The SMILES string of the molecule is COc1ccc(/C=C/C(=O)NC(C)C(=O)NCCc2ccccc2)cc1. The van der Waals surface area contributed by atoms with Crippen molar-refractivity contribution < 1.29 is 14.3 Å². The van der Waals surface area contributed by atoms with Crippen molar-refractivity contribution in [3.05, 3.63) is 71.8 Å². The van der Waals surface area contributed by atoms with Gasteiger partial charge in [0.05, 0.1) is 7.11 Å². The van der Waals surface area contributed by atoms with E-state index >= 15 is 0 Å². The summed E-state index contributed by atoms with van der Waals surface area (Å²) in [6.07, 6.45) is 3.86. The van der Waals surface area contributed by atoms with E-state index in [1.54, 1.807) is 20.1 Å². The van der Waals surface area contributed by atoms with Crippen molar-refractivity contribution in [3.63, 3.8) is 0 Å². The Morgan fingerprint density at radius 2 is 1.77 bits per heavy atom. The molecule has 5 nitrogen and oxygen atoms in total. The van der Waals surface area contributed by atoms with E-state index < -0.39 is 6.04 Å². The Kier molecular flexibility index (Phi) is 7.43. The fourth-order valence-corrected chi connectivity index (χ4v) is 2.34. The minimum absolute atomic E-state index is 0.202. The summed E-state index contributed by atoms with van der Waals surface area (Å²) in [7, 11) is 1.60. The number of hydrogen-bond donors (Lipinski definition) is 2. The normalized spacial score (nSPS) is 11.8. The number of benzene rings is 2. The van der Waals surface area contributed by atoms with Gasteiger partial charge >= 0.3 is 0 Å². The molecular weight excluding hydrogens is 328 g/mol. The van der Waals surface area contributed by atoms with Gasteiger partial charge in [-0.05, 0) is 42.7 Å². The first-order valence-corrected chi connectivity index (χ1v) is 8.53. The van der Waals surface area contributed by atoms with Crippen molar-refractivity contribution in [1.29, 1.82) is 0 Å². The van der Waals surface area contributed by atoms with E-state index in [1.807, 2.05) is 54.6 Å². The van der Waals surface area contributed by atoms with Gasteiger partial charge in [0.25, 0.3) is 0 Å². The zero-order valence-electron chi connectivity index (χ0n) is 15.1. The second-order valence-electron chi connectivity index (χ2n) is 5.86. The fourth-order valence-electron chi connectivity index (χ4n) is 2.34. The van der Waals surface area contributed by atoms with Crippen LogP contribution in [-0.2, 0) is 16.0 Å². The van der Waals surface area contributed by atoms with Crippen LogP contribution in [0.25, 0.3) is 6.08 Å². The molecule has 26 heavy (non-hydrogen) atoms. The number of hydrogen-bond acceptors (Lipinski definition) is 3. The molecule has 0 aliphatic heterocycles. The molecule has 0 aliphatic rings. The van der Waals surface area contributed by atoms with Crippen LogP contribution in [0.2, 0.25) is 0 Å². The maximum absolute atomic E-state index is 12.0. The van der Waals surface area contributed by atoms with Gasteiger partial charge in [0.1, 0.15) is 11.8 Å². The van der Waals surface area contributed by atoms with E-state index in [2.05, 4.69) is 10.6 Å². The van der Waals surface area contributed by atoms with Crippen LogP contribution in [0.5, 0.6) is 5.75 Å². The van der Waals surface area contributed by atoms with E-state index in [1.165, 1.54) is 6.08 Å². The molecule has 2 aromatic rings. The fraction of sp³-hybridized carbons (Fsp3) is 0.238. The highest BCUT2D eigenvalue weighted by Crippen LogP contribution is 2.12. The second kappa shape index (κ2) is 10.0. The summed E-state index contributed by atoms with van der Waals surface area (Å²) in [5.41, 5.74) is 2.04. The Morgan fingerprint density at radius 3 is 2.42 bits per heavy atom. The molecule has 0 bridgehead atoms. The van der Waals surface area contributed by atoms with Crippen molar-refractivity contribution in [1.82, 2.24) is 10.6 Å². The highest BCUT2D eigenvalue weighted by Gasteiger charge is 2.13. The molecular formula is C21H24N2O3. The summed E-state index contributed by atoms with van der Waals surface area (Å²) in [6, 6.07) is 16.7. The Balaban J connectivity index is 1.74. The molecule has 2 rings (SSSR count). The first kappa shape index (κ1) is 19.2. The molecule has 0 heterocycles. The van der Waals surface area contributed by atoms with Crippen LogP contribution in [0.3, 0.4) is 0 Å². The molecule has 0 spiro atoms. The number of methoxy groups -OCH3 is 1. The first-order chi connectivity index (χ1) is 12.6. The van der Waals surface area contributed by atoms with Crippen molar-refractivity contribution in [3.8, 4) is 5.75 Å². The molecule has 5 heteroatoms. The zero-order chi connectivity index (χ0) is 18.8. The number of carbonyl (C=O) groups excluding carboxylic acids is 2. The van der Waals surface area contributed by atoms with Gasteiger partial charge in [0.15, 0.2) is 0 Å². The van der Waals surface area contributed by atoms with Crippen molar-refractivity contribution in [2.45, 2.75) is 19.4 Å². The minimum atomic E-state index is -0.598. The zero-order valence-corrected chi connectivity index (χ0v) is 15.1. The van der Waals surface area contributed by atoms with Gasteiger partial charge < -0.3 is 15.4 Å². The summed E-state index contributed by atoms with van der Waals surface area (Å²) in [6.45, 7) is 2.20. The molecule has 1 atom stereocenters. The average Bonchev–Trinajstić information content (AvgIpc) is 2.67. The van der Waals surface area contributed by atoms with Gasteiger partial charge in [0, 0.05) is 12.6 Å². The maximum atomic E-state index is 12.0. The molecule has 0 radical (unpaired) electrons. The smallest absolute Gasteiger partial charge is 0.244 e. The summed E-state index contributed by atoms with van der Waals surface area (Å²) in [5, 5.41) is 5.49. The summed E-state index contributed by atoms with van der Waals surface area (Å²) in [5.74, 6) is 0.242. The molecule has 2 N–H and O–H groups in total. The van der Waals surface area contributed by atoms with Crippen LogP contribution in [0, 0.1) is 0 Å². The molecule has 2 aromatic carbocycles. The average molecular weight is 352 g/mol. The molecule has 2 amide bonds. The highest BCUT2D eigenvalue weighted by molar-refractivity contribution is 5.95. The Hall–Kier alpha value is -3.08. The topological polar surface area (TPSA) is 67.4 Å². The quantitative estimate of drug-likeness (QED) is 0.718. The van der Waals surface area contributed by atoms with Gasteiger partial charge in [-0.1, -0.05) is 42.5 Å². The van der Waals surface area contributed by atoms with Crippen LogP contribution in [0.4, 0.5) is 0 Å². The maximum Gasteiger partial charge on any atom is 0.244 e. The Labute approximate surface area is 154 Å². The largest absolute Gasteiger partial charge is 0.497 e. The monoisotopic (exact) mass is 352 g/mol. The molecule has 136 valence electrons. The predicted molar refractivity (Wildman–Crippen MR) is 103 cm³/mol. The lowest BCUT2D eigenvalue weighted by molar-refractivity contribution is -0.126. The minimum Gasteiger partial charge on any atom is -0.497 e. The van der Waals surface area contributed by atoms with E-state index in [0.717, 1.165) is 23.3 Å². The summed E-state index contributed by atoms with van der Waals surface area (Å²) < 4.78 is 5.09. The molecule has 1 unspecified atom stereocenters. The lowest BCUT2D eigenvalue weighted by atomic mass is 10.1. The van der Waals surface area contributed by atoms with Crippen molar-refractivity contribution in [2.75, 3.05) is 13.7 Å². The third-order valence-electron chi connectivity index (χ3n) is 3.85. The molecule has 0 fully saturated rings. The molecule has 0 saturated heterocycles. The summed E-state index contributed by atoms with van der Waals surface area (Å²) >= 11 is 0. The standard InChI is InChI=1S/C21H24N2O3/c1-16(21(25)22-15-14-17-6-4-3-5-7-17)23-20(24)13-10-18-8-11-19(26-2)12-9-18/h3-13,16H,14-15H2,1-2H3,(H,22,25)(H,23,24)/b13-10+. The van der Waals surface area contributed by atoms with Gasteiger partial charge in [0.2, 0.25) is 11.8 Å². The number of rotatable bonds is 8. The van der Waals surface area contributed by atoms with Gasteiger partial charge in [-0.15, -0.1) is 0 Å². The number of carbonyl (C=O) groups is 2. The third kappa shape index (κ3) is 6.43.